The fraction of sp³-hybridized carbons (Fsp3) is 0.208. The number of nitrogens with one attached hydrogen (secondary N) is 2. The Bertz CT molecular complexity index is 1310. The Morgan fingerprint density at radius 2 is 1.97 bits per heavy atom. The van der Waals surface area contributed by atoms with E-state index < -0.39 is 0 Å². The lowest BCUT2D eigenvalue weighted by Gasteiger charge is -2.16. The fourth-order valence-corrected chi connectivity index (χ4v) is 4.42. The molecule has 0 spiro atoms. The Balaban J connectivity index is 1.48. The second kappa shape index (κ2) is 8.71. The van der Waals surface area contributed by atoms with Crippen LogP contribution in [0.1, 0.15) is 29.2 Å². The van der Waals surface area contributed by atoms with Gasteiger partial charge in [-0.1, -0.05) is 23.7 Å². The van der Waals surface area contributed by atoms with Gasteiger partial charge in [0.1, 0.15) is 28.9 Å². The average Bonchev–Trinajstić information content (AvgIpc) is 3.45. The summed E-state index contributed by atoms with van der Waals surface area (Å²) in [5.41, 5.74) is 4.69. The molecule has 0 bridgehead atoms. The highest BCUT2D eigenvalue weighted by atomic mass is 35.5. The van der Waals surface area contributed by atoms with E-state index in [0.29, 0.717) is 16.9 Å². The van der Waals surface area contributed by atoms with Crippen LogP contribution in [0, 0.1) is 5.82 Å². The summed E-state index contributed by atoms with van der Waals surface area (Å²) in [7, 11) is 3.46. The van der Waals surface area contributed by atoms with E-state index in [1.165, 1.54) is 12.1 Å². The molecular formula is C24H22ClFN6O. The quantitative estimate of drug-likeness (QED) is 0.402. The van der Waals surface area contributed by atoms with Crippen molar-refractivity contribution in [2.75, 3.05) is 24.8 Å². The molecule has 33 heavy (non-hydrogen) atoms. The van der Waals surface area contributed by atoms with Gasteiger partial charge < -0.3 is 19.9 Å². The van der Waals surface area contributed by atoms with Gasteiger partial charge in [-0.3, -0.25) is 0 Å². The number of hydrogen-bond acceptors (Lipinski definition) is 6. The molecule has 2 N–H and O–H groups in total. The van der Waals surface area contributed by atoms with Gasteiger partial charge in [-0.05, 0) is 42.7 Å². The monoisotopic (exact) mass is 464 g/mol. The third-order valence-electron chi connectivity index (χ3n) is 5.83. The fourth-order valence-electron chi connectivity index (χ4n) is 4.27. The lowest BCUT2D eigenvalue weighted by molar-refractivity contribution is 0.413. The molecule has 0 radical (unpaired) electrons. The highest BCUT2D eigenvalue weighted by molar-refractivity contribution is 6.29. The summed E-state index contributed by atoms with van der Waals surface area (Å²) in [6.45, 7) is 0. The van der Waals surface area contributed by atoms with E-state index in [1.54, 1.807) is 24.2 Å². The Morgan fingerprint density at radius 3 is 2.67 bits per heavy atom. The summed E-state index contributed by atoms with van der Waals surface area (Å²) in [6, 6.07) is 12.3. The van der Waals surface area contributed by atoms with Gasteiger partial charge in [0.15, 0.2) is 0 Å². The third-order valence-corrected chi connectivity index (χ3v) is 6.02. The summed E-state index contributed by atoms with van der Waals surface area (Å²) in [5, 5.41) is 6.89. The molecule has 0 fully saturated rings. The van der Waals surface area contributed by atoms with Crippen molar-refractivity contribution in [1.29, 1.82) is 0 Å². The smallest absolute Gasteiger partial charge is 0.229 e. The van der Waals surface area contributed by atoms with Crippen molar-refractivity contribution >= 4 is 29.1 Å². The van der Waals surface area contributed by atoms with Crippen LogP contribution in [0.15, 0.2) is 55.0 Å². The molecule has 0 saturated heterocycles. The minimum absolute atomic E-state index is 0.0964. The standard InChI is InChI=1S/C24H22ClFN6O/c1-27-23-18-9-8-17(14-3-5-15(26)6-4-14)22(18)30-24(31-23)29-16-7-10-19(20(11-16)33-2)32-12-21(25)28-13-32/h3-7,10-13,17H,8-9H2,1-2H3,(H2,27,29,30,31)/t17-/m0/s1. The van der Waals surface area contributed by atoms with Crippen LogP contribution in [0.4, 0.5) is 21.8 Å². The number of aromatic nitrogens is 4. The van der Waals surface area contributed by atoms with E-state index in [-0.39, 0.29) is 11.7 Å². The van der Waals surface area contributed by atoms with Crippen molar-refractivity contribution in [2.45, 2.75) is 18.8 Å². The molecule has 1 atom stereocenters. The summed E-state index contributed by atoms with van der Waals surface area (Å²) < 4.78 is 20.8. The number of nitrogens with zero attached hydrogens (tertiary/aromatic N) is 4. The van der Waals surface area contributed by atoms with Crippen LogP contribution in [-0.4, -0.2) is 33.7 Å². The predicted molar refractivity (Wildman–Crippen MR) is 127 cm³/mol. The maximum Gasteiger partial charge on any atom is 0.229 e. The maximum atomic E-state index is 13.4. The number of ether oxygens (including phenoxy) is 1. The molecule has 168 valence electrons. The Kier molecular flexibility index (Phi) is 5.60. The molecule has 4 aromatic rings. The maximum absolute atomic E-state index is 13.4. The van der Waals surface area contributed by atoms with E-state index >= 15 is 0 Å². The van der Waals surface area contributed by atoms with Crippen LogP contribution in [0.5, 0.6) is 5.75 Å². The molecule has 5 rings (SSSR count). The summed E-state index contributed by atoms with van der Waals surface area (Å²) in [5.74, 6) is 1.78. The van der Waals surface area contributed by atoms with Crippen molar-refractivity contribution in [3.63, 3.8) is 0 Å². The second-order valence-corrected chi connectivity index (χ2v) is 8.15. The molecule has 1 aliphatic carbocycles. The number of halogens is 2. The van der Waals surface area contributed by atoms with Crippen LogP contribution in [-0.2, 0) is 6.42 Å². The first-order chi connectivity index (χ1) is 16.1. The molecule has 2 heterocycles. The van der Waals surface area contributed by atoms with E-state index in [4.69, 9.17) is 21.3 Å². The first-order valence-electron chi connectivity index (χ1n) is 10.5. The SMILES string of the molecule is CNc1nc(Nc2ccc(-n3cnc(Cl)c3)c(OC)c2)nc2c1CC[C@H]2c1ccc(F)cc1. The minimum atomic E-state index is -0.242. The molecule has 0 aliphatic heterocycles. The lowest BCUT2D eigenvalue weighted by Crippen LogP contribution is -2.08. The number of fused-ring (bicyclic) bond motifs is 1. The zero-order valence-corrected chi connectivity index (χ0v) is 18.9. The Labute approximate surface area is 195 Å². The van der Waals surface area contributed by atoms with E-state index in [9.17, 15) is 4.39 Å². The van der Waals surface area contributed by atoms with E-state index in [1.807, 2.05) is 37.4 Å². The van der Waals surface area contributed by atoms with Crippen LogP contribution in [0.3, 0.4) is 0 Å². The second-order valence-electron chi connectivity index (χ2n) is 7.77. The van der Waals surface area contributed by atoms with Crippen LogP contribution < -0.4 is 15.4 Å². The van der Waals surface area contributed by atoms with Gasteiger partial charge >= 0.3 is 0 Å². The average molecular weight is 465 g/mol. The first-order valence-corrected chi connectivity index (χ1v) is 10.9. The molecule has 0 saturated carbocycles. The van der Waals surface area contributed by atoms with Crippen molar-refractivity contribution in [3.8, 4) is 11.4 Å². The van der Waals surface area contributed by atoms with Crippen LogP contribution in [0.25, 0.3) is 5.69 Å². The highest BCUT2D eigenvalue weighted by Gasteiger charge is 2.29. The summed E-state index contributed by atoms with van der Waals surface area (Å²) in [6.07, 6.45) is 5.12. The van der Waals surface area contributed by atoms with Crippen LogP contribution in [0.2, 0.25) is 5.15 Å². The third kappa shape index (κ3) is 4.09. The number of imidazole rings is 1. The molecular weight excluding hydrogens is 443 g/mol. The largest absolute Gasteiger partial charge is 0.494 e. The lowest BCUT2D eigenvalue weighted by atomic mass is 9.97. The Hall–Kier alpha value is -3.65. The van der Waals surface area contributed by atoms with E-state index in [0.717, 1.165) is 46.9 Å². The van der Waals surface area contributed by atoms with Crippen molar-refractivity contribution < 1.29 is 9.13 Å². The van der Waals surface area contributed by atoms with Crippen LogP contribution >= 0.6 is 11.6 Å². The van der Waals surface area contributed by atoms with Gasteiger partial charge in [-0.15, -0.1) is 0 Å². The summed E-state index contributed by atoms with van der Waals surface area (Å²) in [4.78, 5) is 13.6. The number of methoxy groups -OCH3 is 1. The molecule has 9 heteroatoms. The molecule has 1 aliphatic rings. The minimum Gasteiger partial charge on any atom is -0.494 e. The van der Waals surface area contributed by atoms with E-state index in [2.05, 4.69) is 20.6 Å². The molecule has 7 nitrogen and oxygen atoms in total. The molecule has 0 unspecified atom stereocenters. The molecule has 2 aromatic heterocycles. The normalized spacial score (nSPS) is 14.7. The Morgan fingerprint density at radius 1 is 1.15 bits per heavy atom. The highest BCUT2D eigenvalue weighted by Crippen LogP contribution is 2.40. The van der Waals surface area contributed by atoms with Crippen molar-refractivity contribution in [1.82, 2.24) is 19.5 Å². The predicted octanol–water partition coefficient (Wildman–Crippen LogP) is 5.33. The van der Waals surface area contributed by atoms with Gasteiger partial charge in [-0.25, -0.2) is 14.4 Å². The van der Waals surface area contributed by atoms with Crippen molar-refractivity contribution in [3.05, 3.63) is 82.8 Å². The summed E-state index contributed by atoms with van der Waals surface area (Å²) >= 11 is 5.96. The van der Waals surface area contributed by atoms with Gasteiger partial charge in [0.25, 0.3) is 0 Å². The molecule has 0 amide bonds. The van der Waals surface area contributed by atoms with Crippen molar-refractivity contribution in [2.24, 2.45) is 0 Å². The zero-order valence-electron chi connectivity index (χ0n) is 18.1. The number of hydrogen-bond donors (Lipinski definition) is 2. The zero-order chi connectivity index (χ0) is 22.9. The van der Waals surface area contributed by atoms with Gasteiger partial charge in [-0.2, -0.15) is 4.98 Å². The first kappa shape index (κ1) is 21.2. The topological polar surface area (TPSA) is 76.9 Å². The number of rotatable bonds is 6. The number of benzene rings is 2. The van der Waals surface area contributed by atoms with Gasteiger partial charge in [0.2, 0.25) is 5.95 Å². The number of anilines is 3. The van der Waals surface area contributed by atoms with Gasteiger partial charge in [0.05, 0.1) is 18.5 Å². The van der Waals surface area contributed by atoms with Gasteiger partial charge in [0, 0.05) is 36.5 Å². The molecule has 2 aromatic carbocycles.